The quantitative estimate of drug-likeness (QED) is 0.817. The van der Waals surface area contributed by atoms with Crippen LogP contribution in [0.4, 0.5) is 0 Å². The van der Waals surface area contributed by atoms with E-state index in [4.69, 9.17) is 21.1 Å². The molecule has 0 radical (unpaired) electrons. The summed E-state index contributed by atoms with van der Waals surface area (Å²) in [6, 6.07) is 8.62. The molecule has 1 N–H and O–H groups in total. The number of likely N-dealkylation sites (tertiary alicyclic amines) is 1. The first-order chi connectivity index (χ1) is 12.0. The van der Waals surface area contributed by atoms with E-state index in [0.29, 0.717) is 28.8 Å². The average Bonchev–Trinajstić information content (AvgIpc) is 3.25. The first-order valence-corrected chi connectivity index (χ1v) is 9.20. The third kappa shape index (κ3) is 3.61. The minimum Gasteiger partial charge on any atom is -0.497 e. The maximum absolute atomic E-state index is 11.7. The lowest BCUT2D eigenvalue weighted by atomic mass is 10.0. The Labute approximate surface area is 155 Å². The summed E-state index contributed by atoms with van der Waals surface area (Å²) < 4.78 is 11.6. The van der Waals surface area contributed by atoms with Crippen LogP contribution in [0, 0.1) is 0 Å². The molecule has 1 aromatic heterocycles. The van der Waals surface area contributed by atoms with Crippen LogP contribution in [0.3, 0.4) is 0 Å². The van der Waals surface area contributed by atoms with Crippen molar-refractivity contribution in [1.29, 1.82) is 0 Å². The predicted molar refractivity (Wildman–Crippen MR) is 98.1 cm³/mol. The SMILES string of the molecule is COc1ccc(OC)c(C(c2ccc(Cl)s2)N2CCCC2C(=O)O)c1. The van der Waals surface area contributed by atoms with Crippen LogP contribution in [-0.4, -0.2) is 42.8 Å². The molecule has 2 aromatic rings. The van der Waals surface area contributed by atoms with Crippen LogP contribution in [0.1, 0.15) is 29.3 Å². The highest BCUT2D eigenvalue weighted by molar-refractivity contribution is 7.16. The molecule has 2 unspecified atom stereocenters. The molecule has 1 aliphatic heterocycles. The van der Waals surface area contributed by atoms with Crippen molar-refractivity contribution in [1.82, 2.24) is 4.90 Å². The van der Waals surface area contributed by atoms with Crippen molar-refractivity contribution in [3.8, 4) is 11.5 Å². The minimum absolute atomic E-state index is 0.244. The van der Waals surface area contributed by atoms with Gasteiger partial charge in [0.15, 0.2) is 0 Å². The van der Waals surface area contributed by atoms with Crippen molar-refractivity contribution in [3.63, 3.8) is 0 Å². The molecule has 1 saturated heterocycles. The predicted octanol–water partition coefficient (Wildman–Crippen LogP) is 4.06. The first-order valence-electron chi connectivity index (χ1n) is 8.01. The number of carbonyl (C=O) groups is 1. The summed E-state index contributed by atoms with van der Waals surface area (Å²) in [5, 5.41) is 9.64. The summed E-state index contributed by atoms with van der Waals surface area (Å²) in [5.74, 6) is 0.605. The molecule has 0 saturated carbocycles. The zero-order valence-electron chi connectivity index (χ0n) is 14.1. The molecule has 0 spiro atoms. The minimum atomic E-state index is -0.799. The van der Waals surface area contributed by atoms with Crippen molar-refractivity contribution in [2.45, 2.75) is 24.9 Å². The fourth-order valence-corrected chi connectivity index (χ4v) is 4.59. The van der Waals surface area contributed by atoms with Crippen molar-refractivity contribution in [2.24, 2.45) is 0 Å². The monoisotopic (exact) mass is 381 g/mol. The van der Waals surface area contributed by atoms with Gasteiger partial charge in [-0.15, -0.1) is 11.3 Å². The van der Waals surface area contributed by atoms with E-state index in [1.165, 1.54) is 11.3 Å². The molecule has 0 aliphatic carbocycles. The smallest absolute Gasteiger partial charge is 0.320 e. The Kier molecular flexibility index (Phi) is 5.51. The van der Waals surface area contributed by atoms with Gasteiger partial charge in [0.2, 0.25) is 0 Å². The number of aliphatic carboxylic acids is 1. The molecule has 0 bridgehead atoms. The Morgan fingerprint density at radius 3 is 2.72 bits per heavy atom. The molecule has 134 valence electrons. The molecule has 7 heteroatoms. The summed E-state index contributed by atoms with van der Waals surface area (Å²) in [4.78, 5) is 14.7. The van der Waals surface area contributed by atoms with Gasteiger partial charge in [-0.1, -0.05) is 11.6 Å². The number of hydrogen-bond acceptors (Lipinski definition) is 5. The third-order valence-corrected chi connectivity index (χ3v) is 5.79. The molecular weight excluding hydrogens is 362 g/mol. The molecule has 3 rings (SSSR count). The van der Waals surface area contributed by atoms with Gasteiger partial charge in [-0.05, 0) is 43.2 Å². The topological polar surface area (TPSA) is 59.0 Å². The van der Waals surface area contributed by atoms with E-state index in [9.17, 15) is 9.90 Å². The van der Waals surface area contributed by atoms with Gasteiger partial charge < -0.3 is 14.6 Å². The number of nitrogens with zero attached hydrogens (tertiary/aromatic N) is 1. The second kappa shape index (κ2) is 7.64. The Balaban J connectivity index is 2.13. The van der Waals surface area contributed by atoms with Crippen molar-refractivity contribution in [2.75, 3.05) is 20.8 Å². The van der Waals surface area contributed by atoms with Crippen LogP contribution >= 0.6 is 22.9 Å². The van der Waals surface area contributed by atoms with Gasteiger partial charge in [0.05, 0.1) is 24.6 Å². The van der Waals surface area contributed by atoms with Crippen molar-refractivity contribution < 1.29 is 19.4 Å². The Bertz CT molecular complexity index is 763. The van der Waals surface area contributed by atoms with Gasteiger partial charge >= 0.3 is 5.97 Å². The number of benzene rings is 1. The molecule has 1 aliphatic rings. The number of halogens is 1. The molecule has 2 atom stereocenters. The lowest BCUT2D eigenvalue weighted by Crippen LogP contribution is -2.39. The van der Waals surface area contributed by atoms with Crippen molar-refractivity contribution >= 4 is 28.9 Å². The summed E-state index contributed by atoms with van der Waals surface area (Å²) in [7, 11) is 3.22. The average molecular weight is 382 g/mol. The summed E-state index contributed by atoms with van der Waals surface area (Å²) in [6.07, 6.45) is 1.48. The highest BCUT2D eigenvalue weighted by Gasteiger charge is 2.38. The Hall–Kier alpha value is -1.76. The number of ether oxygens (including phenoxy) is 2. The van der Waals surface area contributed by atoms with Gasteiger partial charge in [-0.2, -0.15) is 0 Å². The van der Waals surface area contributed by atoms with Gasteiger partial charge in [0.25, 0.3) is 0 Å². The van der Waals surface area contributed by atoms with Crippen molar-refractivity contribution in [3.05, 3.63) is 45.1 Å². The maximum atomic E-state index is 11.7. The number of hydrogen-bond donors (Lipinski definition) is 1. The number of thiophene rings is 1. The van der Waals surface area contributed by atoms with E-state index >= 15 is 0 Å². The molecule has 2 heterocycles. The van der Waals surface area contributed by atoms with Crippen LogP contribution in [0.15, 0.2) is 30.3 Å². The lowest BCUT2D eigenvalue weighted by molar-refractivity contribution is -0.142. The summed E-state index contributed by atoms with van der Waals surface area (Å²) >= 11 is 7.62. The molecule has 0 amide bonds. The van der Waals surface area contributed by atoms with E-state index in [1.807, 2.05) is 35.2 Å². The van der Waals surface area contributed by atoms with Crippen LogP contribution in [0.5, 0.6) is 11.5 Å². The number of carboxylic acids is 1. The maximum Gasteiger partial charge on any atom is 0.320 e. The normalized spacial score (nSPS) is 18.9. The van der Waals surface area contributed by atoms with E-state index in [1.54, 1.807) is 14.2 Å². The zero-order valence-corrected chi connectivity index (χ0v) is 15.6. The highest BCUT2D eigenvalue weighted by atomic mass is 35.5. The first kappa shape index (κ1) is 18.0. The van der Waals surface area contributed by atoms with E-state index in [-0.39, 0.29) is 6.04 Å². The van der Waals surface area contributed by atoms with Gasteiger partial charge in [0.1, 0.15) is 17.5 Å². The van der Waals surface area contributed by atoms with Gasteiger partial charge in [-0.3, -0.25) is 9.69 Å². The Morgan fingerprint density at radius 1 is 1.32 bits per heavy atom. The second-order valence-corrected chi connectivity index (χ2v) is 7.63. The molecule has 1 aromatic carbocycles. The zero-order chi connectivity index (χ0) is 18.0. The fourth-order valence-electron chi connectivity index (χ4n) is 3.39. The van der Waals surface area contributed by atoms with Gasteiger partial charge in [0, 0.05) is 17.0 Å². The summed E-state index contributed by atoms with van der Waals surface area (Å²) in [5.41, 5.74) is 0.883. The molecular formula is C18H20ClNO4S. The fraction of sp³-hybridized carbons (Fsp3) is 0.389. The lowest BCUT2D eigenvalue weighted by Gasteiger charge is -2.32. The van der Waals surface area contributed by atoms with Crippen LogP contribution in [0.2, 0.25) is 4.34 Å². The highest BCUT2D eigenvalue weighted by Crippen LogP contribution is 2.43. The second-order valence-electron chi connectivity index (χ2n) is 5.89. The Morgan fingerprint density at radius 2 is 2.12 bits per heavy atom. The van der Waals surface area contributed by atoms with Crippen LogP contribution in [-0.2, 0) is 4.79 Å². The molecule has 25 heavy (non-hydrogen) atoms. The summed E-state index contributed by atoms with van der Waals surface area (Å²) in [6.45, 7) is 0.706. The largest absolute Gasteiger partial charge is 0.497 e. The molecule has 5 nitrogen and oxygen atoms in total. The third-order valence-electron chi connectivity index (χ3n) is 4.51. The van der Waals surface area contributed by atoms with E-state index in [2.05, 4.69) is 0 Å². The standard InChI is InChI=1S/C18H20ClNO4S/c1-23-11-5-6-14(24-2)12(10-11)17(15-7-8-16(19)25-15)20-9-3-4-13(20)18(21)22/h5-8,10,13,17H,3-4,9H2,1-2H3,(H,21,22). The van der Waals surface area contributed by atoms with Crippen LogP contribution in [0.25, 0.3) is 0 Å². The van der Waals surface area contributed by atoms with E-state index in [0.717, 1.165) is 16.9 Å². The van der Waals surface area contributed by atoms with Gasteiger partial charge in [-0.25, -0.2) is 0 Å². The van der Waals surface area contributed by atoms with E-state index < -0.39 is 12.0 Å². The number of rotatable bonds is 6. The van der Waals surface area contributed by atoms with Crippen LogP contribution < -0.4 is 9.47 Å². The number of carboxylic acid groups (broad SMARTS) is 1. The molecule has 1 fully saturated rings. The number of methoxy groups -OCH3 is 2.